The Kier molecular flexibility index (Phi) is 3.64. The number of para-hydroxylation sites is 1. The van der Waals surface area contributed by atoms with E-state index in [0.29, 0.717) is 30.3 Å². The van der Waals surface area contributed by atoms with Crippen molar-refractivity contribution in [3.8, 4) is 0 Å². The Balaban J connectivity index is 2.00. The van der Waals surface area contributed by atoms with Gasteiger partial charge in [-0.25, -0.2) is 9.18 Å². The van der Waals surface area contributed by atoms with E-state index in [-0.39, 0.29) is 23.7 Å². The molecule has 126 valence electrons. The summed E-state index contributed by atoms with van der Waals surface area (Å²) in [6.45, 7) is 0.247. The minimum absolute atomic E-state index is 0.151. The number of aromatic carboxylic acids is 1. The Labute approximate surface area is 143 Å². The molecule has 2 aromatic carbocycles. The zero-order valence-electron chi connectivity index (χ0n) is 13.5. The van der Waals surface area contributed by atoms with Gasteiger partial charge >= 0.3 is 5.97 Å². The number of fused-ring (bicyclic) bond motifs is 3. The highest BCUT2D eigenvalue weighted by atomic mass is 19.1. The molecular weight excluding hydrogens is 321 g/mol. The molecule has 0 saturated heterocycles. The number of nitrogens with zero attached hydrogens (tertiary/aromatic N) is 1. The summed E-state index contributed by atoms with van der Waals surface area (Å²) < 4.78 is 16.0. The lowest BCUT2D eigenvalue weighted by Gasteiger charge is -2.16. The summed E-state index contributed by atoms with van der Waals surface area (Å²) in [5.41, 5.74) is 3.06. The molecule has 0 fully saturated rings. The molecule has 3 aromatic rings. The van der Waals surface area contributed by atoms with E-state index in [1.165, 1.54) is 6.07 Å². The minimum Gasteiger partial charge on any atom is -0.478 e. The van der Waals surface area contributed by atoms with E-state index in [9.17, 15) is 19.1 Å². The summed E-state index contributed by atoms with van der Waals surface area (Å²) in [5.74, 6) is -1.20. The summed E-state index contributed by atoms with van der Waals surface area (Å²) in [4.78, 5) is 23.6. The molecule has 0 saturated carbocycles. The Bertz CT molecular complexity index is 1020. The van der Waals surface area contributed by atoms with Gasteiger partial charge in [-0.2, -0.15) is 0 Å². The molecule has 5 heteroatoms. The van der Waals surface area contributed by atoms with Gasteiger partial charge in [0.25, 0.3) is 0 Å². The van der Waals surface area contributed by atoms with Gasteiger partial charge in [-0.1, -0.05) is 30.3 Å². The smallest absolute Gasteiger partial charge is 0.337 e. The van der Waals surface area contributed by atoms with Crippen LogP contribution in [0.5, 0.6) is 0 Å². The molecule has 1 aliphatic carbocycles. The van der Waals surface area contributed by atoms with Crippen molar-refractivity contribution in [1.82, 2.24) is 4.57 Å². The van der Waals surface area contributed by atoms with Crippen molar-refractivity contribution < 1.29 is 19.1 Å². The van der Waals surface area contributed by atoms with E-state index in [0.717, 1.165) is 16.6 Å². The largest absolute Gasteiger partial charge is 0.478 e. The molecule has 1 aliphatic rings. The second kappa shape index (κ2) is 5.84. The number of carboxylic acids is 1. The number of Topliss-reactive ketones (excluding diaryl/α,β-unsaturated/α-hetero) is 1. The number of hydrogen-bond donors (Lipinski definition) is 1. The van der Waals surface area contributed by atoms with E-state index in [1.54, 1.807) is 30.3 Å². The van der Waals surface area contributed by atoms with Crippen molar-refractivity contribution in [3.05, 3.63) is 70.7 Å². The number of carbonyl (C=O) groups excluding carboxylic acids is 1. The van der Waals surface area contributed by atoms with Crippen LogP contribution in [0, 0.1) is 5.82 Å². The molecule has 25 heavy (non-hydrogen) atoms. The quantitative estimate of drug-likeness (QED) is 0.795. The van der Waals surface area contributed by atoms with E-state index in [1.807, 2.05) is 10.6 Å². The first kappa shape index (κ1) is 15.6. The number of carbonyl (C=O) groups is 2. The fourth-order valence-corrected chi connectivity index (χ4v) is 3.70. The number of carboxylic acid groups (broad SMARTS) is 1. The SMILES string of the molecule is O=C1CCc2c(c3cccc(C(=O)O)c3n2Cc2ccccc2F)C1. The van der Waals surface area contributed by atoms with Crippen molar-refractivity contribution >= 4 is 22.7 Å². The fraction of sp³-hybridized carbons (Fsp3) is 0.200. The monoisotopic (exact) mass is 337 g/mol. The van der Waals surface area contributed by atoms with Gasteiger partial charge < -0.3 is 9.67 Å². The highest BCUT2D eigenvalue weighted by molar-refractivity contribution is 6.05. The third kappa shape index (κ3) is 2.52. The summed E-state index contributed by atoms with van der Waals surface area (Å²) in [6, 6.07) is 11.6. The number of hydrogen-bond acceptors (Lipinski definition) is 2. The summed E-state index contributed by atoms with van der Waals surface area (Å²) >= 11 is 0. The number of aromatic nitrogens is 1. The van der Waals surface area contributed by atoms with Gasteiger partial charge in [0.05, 0.1) is 17.6 Å². The lowest BCUT2D eigenvalue weighted by Crippen LogP contribution is -2.16. The molecule has 4 rings (SSSR count). The van der Waals surface area contributed by atoms with Crippen molar-refractivity contribution in [3.63, 3.8) is 0 Å². The Morgan fingerprint density at radius 3 is 2.68 bits per heavy atom. The molecule has 4 nitrogen and oxygen atoms in total. The summed E-state index contributed by atoms with van der Waals surface area (Å²) in [5, 5.41) is 10.4. The van der Waals surface area contributed by atoms with Crippen LogP contribution >= 0.6 is 0 Å². The lowest BCUT2D eigenvalue weighted by molar-refractivity contribution is -0.118. The number of rotatable bonds is 3. The van der Waals surface area contributed by atoms with E-state index >= 15 is 0 Å². The van der Waals surface area contributed by atoms with Crippen molar-refractivity contribution in [2.75, 3.05) is 0 Å². The average molecular weight is 337 g/mol. The van der Waals surface area contributed by atoms with E-state index in [4.69, 9.17) is 0 Å². The van der Waals surface area contributed by atoms with Gasteiger partial charge in [-0.05, 0) is 24.1 Å². The van der Waals surface area contributed by atoms with Gasteiger partial charge in [0.15, 0.2) is 0 Å². The molecule has 0 spiro atoms. The maximum atomic E-state index is 14.2. The highest BCUT2D eigenvalue weighted by Crippen LogP contribution is 2.34. The first-order valence-electron chi connectivity index (χ1n) is 8.17. The van der Waals surface area contributed by atoms with Gasteiger partial charge in [-0.3, -0.25) is 4.79 Å². The molecule has 1 heterocycles. The van der Waals surface area contributed by atoms with Crippen LogP contribution in [-0.2, 0) is 24.2 Å². The zero-order chi connectivity index (χ0) is 17.6. The molecule has 0 aliphatic heterocycles. The van der Waals surface area contributed by atoms with Gasteiger partial charge in [0.2, 0.25) is 0 Å². The van der Waals surface area contributed by atoms with Crippen molar-refractivity contribution in [2.45, 2.75) is 25.8 Å². The predicted molar refractivity (Wildman–Crippen MR) is 91.4 cm³/mol. The summed E-state index contributed by atoms with van der Waals surface area (Å²) in [6.07, 6.45) is 1.29. The topological polar surface area (TPSA) is 59.3 Å². The van der Waals surface area contributed by atoms with Gasteiger partial charge in [-0.15, -0.1) is 0 Å². The number of halogens is 1. The minimum atomic E-state index is -1.03. The van der Waals surface area contributed by atoms with Crippen LogP contribution in [0.25, 0.3) is 10.9 Å². The maximum absolute atomic E-state index is 14.2. The lowest BCUT2D eigenvalue weighted by atomic mass is 9.94. The van der Waals surface area contributed by atoms with Crippen LogP contribution in [0.1, 0.15) is 33.6 Å². The zero-order valence-corrected chi connectivity index (χ0v) is 13.5. The van der Waals surface area contributed by atoms with Gasteiger partial charge in [0.1, 0.15) is 11.6 Å². The second-order valence-corrected chi connectivity index (χ2v) is 6.33. The van der Waals surface area contributed by atoms with Crippen molar-refractivity contribution in [1.29, 1.82) is 0 Å². The van der Waals surface area contributed by atoms with Crippen LogP contribution in [0.15, 0.2) is 42.5 Å². The molecule has 1 aromatic heterocycles. The fourth-order valence-electron chi connectivity index (χ4n) is 3.70. The average Bonchev–Trinajstić information content (AvgIpc) is 2.90. The highest BCUT2D eigenvalue weighted by Gasteiger charge is 2.26. The molecule has 0 bridgehead atoms. The van der Waals surface area contributed by atoms with Crippen LogP contribution < -0.4 is 0 Å². The van der Waals surface area contributed by atoms with E-state index in [2.05, 4.69) is 0 Å². The number of ketones is 1. The third-order valence-corrected chi connectivity index (χ3v) is 4.84. The normalized spacial score (nSPS) is 13.9. The third-order valence-electron chi connectivity index (χ3n) is 4.84. The Morgan fingerprint density at radius 1 is 1.12 bits per heavy atom. The Morgan fingerprint density at radius 2 is 1.92 bits per heavy atom. The van der Waals surface area contributed by atoms with Crippen LogP contribution in [0.4, 0.5) is 4.39 Å². The summed E-state index contributed by atoms with van der Waals surface area (Å²) in [7, 11) is 0. The predicted octanol–water partition coefficient (Wildman–Crippen LogP) is 3.58. The van der Waals surface area contributed by atoms with Crippen LogP contribution in [-0.4, -0.2) is 21.4 Å². The maximum Gasteiger partial charge on any atom is 0.337 e. The van der Waals surface area contributed by atoms with Crippen molar-refractivity contribution in [2.24, 2.45) is 0 Å². The molecule has 0 amide bonds. The van der Waals surface area contributed by atoms with Crippen LogP contribution in [0.3, 0.4) is 0 Å². The van der Waals surface area contributed by atoms with Crippen LogP contribution in [0.2, 0.25) is 0 Å². The molecule has 0 radical (unpaired) electrons. The first-order chi connectivity index (χ1) is 12.1. The molecule has 0 atom stereocenters. The Hall–Kier alpha value is -2.95. The molecule has 0 unspecified atom stereocenters. The first-order valence-corrected chi connectivity index (χ1v) is 8.17. The second-order valence-electron chi connectivity index (χ2n) is 6.33. The van der Waals surface area contributed by atoms with E-state index < -0.39 is 5.97 Å². The van der Waals surface area contributed by atoms with Gasteiger partial charge in [0, 0.05) is 29.5 Å². The number of benzene rings is 2. The molecule has 1 N–H and O–H groups in total. The standard InChI is InChI=1S/C20H16FNO3/c21-17-7-2-1-4-12(17)11-22-18-9-8-13(23)10-16(18)14-5-3-6-15(19(14)22)20(24)25/h1-7H,8-11H2,(H,24,25). The molecular formula is C20H16FNO3.